The van der Waals surface area contributed by atoms with Crippen LogP contribution in [0.15, 0.2) is 24.3 Å². The Morgan fingerprint density at radius 3 is 2.79 bits per heavy atom. The molecule has 6 heteroatoms. The largest absolute Gasteiger partial charge is 0.492 e. The molecule has 1 atom stereocenters. The van der Waals surface area contributed by atoms with Gasteiger partial charge in [0.25, 0.3) is 0 Å². The van der Waals surface area contributed by atoms with Gasteiger partial charge < -0.3 is 15.8 Å². The monoisotopic (exact) mass is 298 g/mol. The lowest BCUT2D eigenvalue weighted by atomic mass is 10.3. The zero-order valence-corrected chi connectivity index (χ0v) is 12.3. The average molecular weight is 298 g/mol. The van der Waals surface area contributed by atoms with Gasteiger partial charge in [0.2, 0.25) is 5.91 Å². The summed E-state index contributed by atoms with van der Waals surface area (Å²) in [6.07, 6.45) is 0. The van der Waals surface area contributed by atoms with E-state index in [9.17, 15) is 4.79 Å². The quantitative estimate of drug-likeness (QED) is 0.868. The number of nitrogens with two attached hydrogens (primary N) is 1. The summed E-state index contributed by atoms with van der Waals surface area (Å²) in [5.74, 6) is 3.95. The van der Waals surface area contributed by atoms with Crippen LogP contribution in [0, 0.1) is 0 Å². The van der Waals surface area contributed by atoms with Crippen LogP contribution >= 0.6 is 23.5 Å². The molecular formula is C13H18N2O2S2. The Hall–Kier alpha value is -0.850. The summed E-state index contributed by atoms with van der Waals surface area (Å²) in [5, 5.41) is 3.00. The highest BCUT2D eigenvalue weighted by Gasteiger charge is 2.21. The van der Waals surface area contributed by atoms with Crippen molar-refractivity contribution in [3.8, 4) is 5.75 Å². The lowest BCUT2D eigenvalue weighted by molar-refractivity contribution is -0.115. The summed E-state index contributed by atoms with van der Waals surface area (Å²) < 4.78 is 5.39. The van der Waals surface area contributed by atoms with Gasteiger partial charge in [-0.25, -0.2) is 0 Å². The van der Waals surface area contributed by atoms with E-state index in [1.54, 1.807) is 11.8 Å². The molecule has 0 bridgehead atoms. The molecule has 0 aliphatic carbocycles. The third kappa shape index (κ3) is 4.63. The summed E-state index contributed by atoms with van der Waals surface area (Å²) in [5.41, 5.74) is 6.18. The fourth-order valence-electron chi connectivity index (χ4n) is 1.67. The molecule has 104 valence electrons. The van der Waals surface area contributed by atoms with Crippen molar-refractivity contribution in [2.24, 2.45) is 5.73 Å². The molecule has 4 nitrogen and oxygen atoms in total. The fourth-order valence-corrected chi connectivity index (χ4v) is 4.23. The Morgan fingerprint density at radius 1 is 1.37 bits per heavy atom. The lowest BCUT2D eigenvalue weighted by Gasteiger charge is -2.20. The van der Waals surface area contributed by atoms with Crippen molar-refractivity contribution in [2.45, 2.75) is 5.25 Å². The van der Waals surface area contributed by atoms with Crippen molar-refractivity contribution in [1.29, 1.82) is 0 Å². The van der Waals surface area contributed by atoms with E-state index in [-0.39, 0.29) is 11.2 Å². The second-order valence-electron chi connectivity index (χ2n) is 4.09. The first-order chi connectivity index (χ1) is 9.29. The van der Waals surface area contributed by atoms with Crippen LogP contribution in [-0.2, 0) is 4.79 Å². The molecule has 1 heterocycles. The number of nitrogens with one attached hydrogen (secondary N) is 1. The van der Waals surface area contributed by atoms with Gasteiger partial charge in [0.05, 0.1) is 5.25 Å². The number of hydrogen-bond acceptors (Lipinski definition) is 5. The smallest absolute Gasteiger partial charge is 0.238 e. The zero-order valence-electron chi connectivity index (χ0n) is 10.6. The van der Waals surface area contributed by atoms with Gasteiger partial charge in [-0.15, -0.1) is 11.8 Å². The summed E-state index contributed by atoms with van der Waals surface area (Å²) in [6.45, 7) is 0.997. The summed E-state index contributed by atoms with van der Waals surface area (Å²) >= 11 is 3.57. The van der Waals surface area contributed by atoms with E-state index in [2.05, 4.69) is 5.32 Å². The van der Waals surface area contributed by atoms with E-state index in [0.717, 1.165) is 28.7 Å². The van der Waals surface area contributed by atoms with Crippen molar-refractivity contribution in [1.82, 2.24) is 0 Å². The number of anilines is 1. The number of amides is 1. The standard InChI is InChI=1S/C13H18N2O2S2/c14-5-6-17-11-3-1-10(2-4-11)15-13(16)12-9-18-7-8-19-12/h1-4,12H,5-9,14H2,(H,15,16). The van der Waals surface area contributed by atoms with Gasteiger partial charge in [-0.05, 0) is 24.3 Å². The minimum absolute atomic E-state index is 0.0620. The Labute approximate surface area is 121 Å². The Bertz CT molecular complexity index is 406. The molecule has 1 saturated heterocycles. The van der Waals surface area contributed by atoms with Gasteiger partial charge in [-0.2, -0.15) is 11.8 Å². The molecule has 1 fully saturated rings. The van der Waals surface area contributed by atoms with Gasteiger partial charge in [-0.1, -0.05) is 0 Å². The minimum atomic E-state index is 0.0620. The van der Waals surface area contributed by atoms with E-state index in [0.29, 0.717) is 13.2 Å². The molecule has 0 radical (unpaired) electrons. The molecule has 19 heavy (non-hydrogen) atoms. The number of benzene rings is 1. The molecular weight excluding hydrogens is 280 g/mol. The molecule has 1 unspecified atom stereocenters. The van der Waals surface area contributed by atoms with Crippen LogP contribution in [-0.4, -0.2) is 41.6 Å². The Balaban J connectivity index is 1.86. The second kappa shape index (κ2) is 7.67. The predicted molar refractivity (Wildman–Crippen MR) is 83.2 cm³/mol. The van der Waals surface area contributed by atoms with E-state index in [1.165, 1.54) is 0 Å². The lowest BCUT2D eigenvalue weighted by Crippen LogP contribution is -2.30. The number of thioether (sulfide) groups is 2. The van der Waals surface area contributed by atoms with Gasteiger partial charge in [0, 0.05) is 29.5 Å². The van der Waals surface area contributed by atoms with Crippen LogP contribution in [0.25, 0.3) is 0 Å². The molecule has 1 aliphatic rings. The molecule has 1 aromatic carbocycles. The SMILES string of the molecule is NCCOc1ccc(NC(=O)C2CSCCS2)cc1. The fraction of sp³-hybridized carbons (Fsp3) is 0.462. The van der Waals surface area contributed by atoms with Gasteiger partial charge >= 0.3 is 0 Å². The van der Waals surface area contributed by atoms with E-state index in [1.807, 2.05) is 36.0 Å². The van der Waals surface area contributed by atoms with Crippen molar-refractivity contribution in [2.75, 3.05) is 35.7 Å². The van der Waals surface area contributed by atoms with Crippen LogP contribution in [0.3, 0.4) is 0 Å². The minimum Gasteiger partial charge on any atom is -0.492 e. The number of ether oxygens (including phenoxy) is 1. The number of carbonyl (C=O) groups is 1. The molecule has 1 aliphatic heterocycles. The van der Waals surface area contributed by atoms with Crippen molar-refractivity contribution in [3.05, 3.63) is 24.3 Å². The van der Waals surface area contributed by atoms with Crippen LogP contribution in [0.1, 0.15) is 0 Å². The van der Waals surface area contributed by atoms with Gasteiger partial charge in [0.1, 0.15) is 12.4 Å². The molecule has 0 saturated carbocycles. The van der Waals surface area contributed by atoms with E-state index < -0.39 is 0 Å². The molecule has 2 rings (SSSR count). The first-order valence-electron chi connectivity index (χ1n) is 6.23. The van der Waals surface area contributed by atoms with Crippen molar-refractivity contribution >= 4 is 35.1 Å². The maximum atomic E-state index is 12.0. The third-order valence-electron chi connectivity index (χ3n) is 2.62. The molecule has 1 amide bonds. The number of hydrogen-bond donors (Lipinski definition) is 2. The number of carbonyl (C=O) groups excluding carboxylic acids is 1. The highest BCUT2D eigenvalue weighted by atomic mass is 32.2. The highest BCUT2D eigenvalue weighted by Crippen LogP contribution is 2.25. The zero-order chi connectivity index (χ0) is 13.5. The molecule has 0 aromatic heterocycles. The summed E-state index contributed by atoms with van der Waals surface area (Å²) in [4.78, 5) is 12.0. The normalized spacial score (nSPS) is 18.9. The van der Waals surface area contributed by atoms with Crippen LogP contribution < -0.4 is 15.8 Å². The third-order valence-corrected chi connectivity index (χ3v) is 5.37. The Morgan fingerprint density at radius 2 is 2.16 bits per heavy atom. The van der Waals surface area contributed by atoms with E-state index >= 15 is 0 Å². The summed E-state index contributed by atoms with van der Waals surface area (Å²) in [7, 11) is 0. The Kier molecular flexibility index (Phi) is 5.88. The van der Waals surface area contributed by atoms with Crippen LogP contribution in [0.4, 0.5) is 5.69 Å². The number of rotatable bonds is 5. The topological polar surface area (TPSA) is 64.3 Å². The summed E-state index contributed by atoms with van der Waals surface area (Å²) in [6, 6.07) is 7.39. The first-order valence-corrected chi connectivity index (χ1v) is 8.43. The van der Waals surface area contributed by atoms with E-state index in [4.69, 9.17) is 10.5 Å². The molecule has 3 N–H and O–H groups in total. The first kappa shape index (κ1) is 14.6. The second-order valence-corrected chi connectivity index (χ2v) is 6.55. The van der Waals surface area contributed by atoms with Crippen molar-refractivity contribution < 1.29 is 9.53 Å². The molecule has 1 aromatic rings. The van der Waals surface area contributed by atoms with Gasteiger partial charge in [-0.3, -0.25) is 4.79 Å². The molecule has 0 spiro atoms. The van der Waals surface area contributed by atoms with Crippen LogP contribution in [0.5, 0.6) is 5.75 Å². The maximum absolute atomic E-state index is 12.0. The van der Waals surface area contributed by atoms with Crippen LogP contribution in [0.2, 0.25) is 0 Å². The maximum Gasteiger partial charge on any atom is 0.238 e. The average Bonchev–Trinajstić information content (AvgIpc) is 2.47. The highest BCUT2D eigenvalue weighted by molar-refractivity contribution is 8.07. The predicted octanol–water partition coefficient (Wildman–Crippen LogP) is 1.81. The van der Waals surface area contributed by atoms with Crippen molar-refractivity contribution in [3.63, 3.8) is 0 Å². The van der Waals surface area contributed by atoms with Gasteiger partial charge in [0.15, 0.2) is 0 Å².